The summed E-state index contributed by atoms with van der Waals surface area (Å²) in [4.78, 5) is 26.5. The van der Waals surface area contributed by atoms with Crippen molar-refractivity contribution in [1.29, 1.82) is 0 Å². The van der Waals surface area contributed by atoms with Crippen LogP contribution in [-0.2, 0) is 14.2 Å². The standard InChI is InChI=1S/C16H16F3N3O5S/c17-16(18,19)8-26-13(20-9-28)12-7-22(15(24)27-12)11-3-1-10(2-4-11)21-5-6-25-14(21)23/h1-4,9,12-13H,5-8H2,(H,20,28)/t12-,13?/m0/s1. The van der Waals surface area contributed by atoms with Gasteiger partial charge in [0.2, 0.25) is 0 Å². The Kier molecular flexibility index (Phi) is 5.89. The normalized spacial score (nSPS) is 20.8. The van der Waals surface area contributed by atoms with Crippen LogP contribution in [0.3, 0.4) is 0 Å². The van der Waals surface area contributed by atoms with Gasteiger partial charge >= 0.3 is 18.4 Å². The number of cyclic esters (lactones) is 2. The number of nitrogens with one attached hydrogen (secondary N) is 1. The largest absolute Gasteiger partial charge is 0.447 e. The highest BCUT2D eigenvalue weighted by atomic mass is 32.1. The van der Waals surface area contributed by atoms with E-state index in [-0.39, 0.29) is 6.54 Å². The Balaban J connectivity index is 1.67. The van der Waals surface area contributed by atoms with E-state index in [9.17, 15) is 22.8 Å². The molecule has 2 aliphatic heterocycles. The molecule has 0 spiro atoms. The summed E-state index contributed by atoms with van der Waals surface area (Å²) in [5.74, 6) is 0. The summed E-state index contributed by atoms with van der Waals surface area (Å²) < 4.78 is 52.0. The van der Waals surface area contributed by atoms with Gasteiger partial charge in [0.15, 0.2) is 12.3 Å². The Bertz CT molecular complexity index is 746. The minimum absolute atomic E-state index is 0.0391. The molecule has 2 saturated heterocycles. The lowest BCUT2D eigenvalue weighted by Gasteiger charge is -2.23. The number of benzene rings is 1. The van der Waals surface area contributed by atoms with Gasteiger partial charge in [-0.2, -0.15) is 13.2 Å². The highest BCUT2D eigenvalue weighted by Gasteiger charge is 2.40. The average Bonchev–Trinajstić information content (AvgIpc) is 3.24. The van der Waals surface area contributed by atoms with Crippen LogP contribution in [0.4, 0.5) is 34.1 Å². The fourth-order valence-electron chi connectivity index (χ4n) is 2.81. The quantitative estimate of drug-likeness (QED) is 0.537. The number of amides is 2. The van der Waals surface area contributed by atoms with Crippen molar-refractivity contribution in [3.63, 3.8) is 0 Å². The number of thiocarbonyl (C=S) groups is 1. The molecular weight excluding hydrogens is 403 g/mol. The molecule has 0 bridgehead atoms. The molecule has 28 heavy (non-hydrogen) atoms. The summed E-state index contributed by atoms with van der Waals surface area (Å²) in [6, 6.07) is 6.47. The average molecular weight is 419 g/mol. The molecular formula is C16H16F3N3O5S. The zero-order valence-electron chi connectivity index (χ0n) is 14.3. The molecule has 0 saturated carbocycles. The third-order valence-corrected chi connectivity index (χ3v) is 4.20. The van der Waals surface area contributed by atoms with Crippen LogP contribution in [0.1, 0.15) is 0 Å². The number of carbonyl (C=O) groups excluding carboxylic acids is 2. The maximum atomic E-state index is 12.4. The van der Waals surface area contributed by atoms with E-state index in [1.54, 1.807) is 24.3 Å². The summed E-state index contributed by atoms with van der Waals surface area (Å²) in [7, 11) is 0. The molecule has 3 rings (SSSR count). The summed E-state index contributed by atoms with van der Waals surface area (Å²) in [5.41, 5.74) is 2.06. The summed E-state index contributed by atoms with van der Waals surface area (Å²) in [5, 5.41) is 2.45. The Labute approximate surface area is 163 Å². The van der Waals surface area contributed by atoms with Gasteiger partial charge in [-0.15, -0.1) is 0 Å². The van der Waals surface area contributed by atoms with E-state index >= 15 is 0 Å². The van der Waals surface area contributed by atoms with E-state index in [2.05, 4.69) is 17.5 Å². The molecule has 1 unspecified atom stereocenters. The Morgan fingerprint density at radius 3 is 2.39 bits per heavy atom. The van der Waals surface area contributed by atoms with Crippen molar-refractivity contribution in [2.45, 2.75) is 18.5 Å². The first-order valence-electron chi connectivity index (χ1n) is 8.19. The molecule has 1 aromatic rings. The minimum atomic E-state index is -4.53. The van der Waals surface area contributed by atoms with Crippen LogP contribution in [0.15, 0.2) is 24.3 Å². The van der Waals surface area contributed by atoms with Gasteiger partial charge in [-0.1, -0.05) is 12.2 Å². The smallest absolute Gasteiger partial charge is 0.414 e. The number of carbonyl (C=O) groups is 2. The molecule has 0 radical (unpaired) electrons. The van der Waals surface area contributed by atoms with Crippen LogP contribution in [0.2, 0.25) is 0 Å². The fourth-order valence-corrected chi connectivity index (χ4v) is 2.94. The minimum Gasteiger partial charge on any atom is -0.447 e. The van der Waals surface area contributed by atoms with Crippen LogP contribution in [0.25, 0.3) is 0 Å². The molecule has 0 aliphatic carbocycles. The van der Waals surface area contributed by atoms with Crippen molar-refractivity contribution in [1.82, 2.24) is 5.32 Å². The lowest BCUT2D eigenvalue weighted by atomic mass is 10.2. The maximum Gasteiger partial charge on any atom is 0.414 e. The van der Waals surface area contributed by atoms with Crippen molar-refractivity contribution in [3.8, 4) is 0 Å². The zero-order chi connectivity index (χ0) is 20.3. The van der Waals surface area contributed by atoms with Crippen LogP contribution in [0.5, 0.6) is 0 Å². The van der Waals surface area contributed by atoms with Gasteiger partial charge in [0.05, 0.1) is 18.6 Å². The van der Waals surface area contributed by atoms with Crippen LogP contribution >= 0.6 is 12.2 Å². The molecule has 1 aromatic carbocycles. The second kappa shape index (κ2) is 8.19. The van der Waals surface area contributed by atoms with Crippen molar-refractivity contribution >= 4 is 41.3 Å². The van der Waals surface area contributed by atoms with Crippen LogP contribution in [-0.4, -0.2) is 62.5 Å². The van der Waals surface area contributed by atoms with Crippen molar-refractivity contribution in [2.24, 2.45) is 0 Å². The van der Waals surface area contributed by atoms with E-state index in [1.165, 1.54) is 9.80 Å². The fraction of sp³-hybridized carbons (Fsp3) is 0.438. The molecule has 1 N–H and O–H groups in total. The first kappa shape index (κ1) is 20.1. The molecule has 0 aromatic heterocycles. The number of alkyl halides is 3. The molecule has 2 heterocycles. The first-order valence-corrected chi connectivity index (χ1v) is 8.66. The number of hydrogen-bond donors (Lipinski definition) is 1. The van der Waals surface area contributed by atoms with Gasteiger partial charge in [0, 0.05) is 11.4 Å². The van der Waals surface area contributed by atoms with E-state index in [0.717, 1.165) is 5.49 Å². The number of halogens is 3. The van der Waals surface area contributed by atoms with Crippen molar-refractivity contribution in [3.05, 3.63) is 24.3 Å². The second-order valence-corrected chi connectivity index (χ2v) is 6.18. The van der Waals surface area contributed by atoms with Gasteiger partial charge in [-0.3, -0.25) is 9.80 Å². The maximum absolute atomic E-state index is 12.4. The predicted molar refractivity (Wildman–Crippen MR) is 95.3 cm³/mol. The molecule has 2 aliphatic rings. The van der Waals surface area contributed by atoms with Crippen molar-refractivity contribution < 1.29 is 37.0 Å². The molecule has 2 fully saturated rings. The van der Waals surface area contributed by atoms with Gasteiger partial charge in [0.1, 0.15) is 13.2 Å². The number of nitrogens with zero attached hydrogens (tertiary/aromatic N) is 2. The molecule has 2 atom stereocenters. The summed E-state index contributed by atoms with van der Waals surface area (Å²) in [6.07, 6.45) is -7.96. The van der Waals surface area contributed by atoms with Crippen LogP contribution < -0.4 is 15.1 Å². The SMILES string of the molecule is O=C1OCCN1c1ccc(N2C[C@@H](C(NC=S)OCC(F)(F)F)OC2=O)cc1. The van der Waals surface area contributed by atoms with Gasteiger partial charge in [-0.25, -0.2) is 9.59 Å². The molecule has 152 valence electrons. The number of hydrogen-bond acceptors (Lipinski definition) is 6. The number of anilines is 2. The van der Waals surface area contributed by atoms with Crippen molar-refractivity contribution in [2.75, 3.05) is 36.1 Å². The lowest BCUT2D eigenvalue weighted by Crippen LogP contribution is -2.45. The first-order chi connectivity index (χ1) is 13.3. The highest BCUT2D eigenvalue weighted by molar-refractivity contribution is 7.78. The third-order valence-electron chi connectivity index (χ3n) is 4.07. The third kappa shape index (κ3) is 4.62. The van der Waals surface area contributed by atoms with E-state index < -0.39 is 37.3 Å². The predicted octanol–water partition coefficient (Wildman–Crippen LogP) is 2.42. The topological polar surface area (TPSA) is 80.3 Å². The van der Waals surface area contributed by atoms with Crippen LogP contribution in [0, 0.1) is 0 Å². The number of ether oxygens (including phenoxy) is 3. The molecule has 2 amide bonds. The number of rotatable bonds is 7. The van der Waals surface area contributed by atoms with Gasteiger partial charge < -0.3 is 19.5 Å². The highest BCUT2D eigenvalue weighted by Crippen LogP contribution is 2.27. The molecule has 12 heteroatoms. The zero-order valence-corrected chi connectivity index (χ0v) is 15.2. The molecule has 8 nitrogen and oxygen atoms in total. The lowest BCUT2D eigenvalue weighted by molar-refractivity contribution is -0.194. The summed E-state index contributed by atoms with van der Waals surface area (Å²) in [6.45, 7) is -0.828. The van der Waals surface area contributed by atoms with E-state index in [1.807, 2.05) is 0 Å². The second-order valence-electron chi connectivity index (χ2n) is 5.95. The monoisotopic (exact) mass is 419 g/mol. The Hall–Kier alpha value is -2.60. The Morgan fingerprint density at radius 2 is 1.86 bits per heavy atom. The van der Waals surface area contributed by atoms with E-state index in [0.29, 0.717) is 24.5 Å². The van der Waals surface area contributed by atoms with Gasteiger partial charge in [0.25, 0.3) is 0 Å². The summed E-state index contributed by atoms with van der Waals surface area (Å²) >= 11 is 4.61. The Morgan fingerprint density at radius 1 is 1.21 bits per heavy atom. The van der Waals surface area contributed by atoms with E-state index in [4.69, 9.17) is 14.2 Å². The van der Waals surface area contributed by atoms with Gasteiger partial charge in [-0.05, 0) is 24.3 Å².